The van der Waals surface area contributed by atoms with Crippen molar-refractivity contribution in [1.82, 2.24) is 19.5 Å². The molecule has 0 aliphatic heterocycles. The first kappa shape index (κ1) is 28.2. The summed E-state index contributed by atoms with van der Waals surface area (Å²) in [5.74, 6) is 1.79. The zero-order chi connectivity index (χ0) is 33.5. The molecule has 0 aliphatic rings. The summed E-state index contributed by atoms with van der Waals surface area (Å²) in [7, 11) is 0. The highest BCUT2D eigenvalue weighted by Crippen LogP contribution is 2.42. The highest BCUT2D eigenvalue weighted by Gasteiger charge is 2.19. The standard InChI is InChI=1S/C45H26N4OS/c1-2-11-27(12-3-1)43-46-44(48-45(47-43)49-36-17-7-4-13-31(36)32-14-5-8-18-37(32)49)29-22-24-39-35(26-29)34-25-28(21-23-38(34)50-39)30-16-10-20-41-42(30)33-15-6-9-19-40(33)51-41/h1-26H. The predicted octanol–water partition coefficient (Wildman–Crippen LogP) is 12.2. The van der Waals surface area contributed by atoms with Crippen molar-refractivity contribution in [1.29, 1.82) is 0 Å². The van der Waals surface area contributed by atoms with Crippen LogP contribution in [0.2, 0.25) is 0 Å². The van der Waals surface area contributed by atoms with Crippen molar-refractivity contribution < 1.29 is 4.42 Å². The average molecular weight is 671 g/mol. The summed E-state index contributed by atoms with van der Waals surface area (Å²) >= 11 is 1.84. The van der Waals surface area contributed by atoms with Gasteiger partial charge in [-0.2, -0.15) is 9.97 Å². The van der Waals surface area contributed by atoms with Crippen LogP contribution in [0.4, 0.5) is 0 Å². The Hall–Kier alpha value is -6.63. The second kappa shape index (κ2) is 10.9. The minimum atomic E-state index is 0.576. The van der Waals surface area contributed by atoms with Crippen molar-refractivity contribution in [3.05, 3.63) is 158 Å². The quantitative estimate of drug-likeness (QED) is 0.187. The summed E-state index contributed by atoms with van der Waals surface area (Å²) in [6, 6.07) is 55.0. The molecular formula is C45H26N4OS. The third-order valence-corrected chi connectivity index (χ3v) is 11.0. The van der Waals surface area contributed by atoms with E-state index in [9.17, 15) is 0 Å². The van der Waals surface area contributed by atoms with Gasteiger partial charge in [-0.05, 0) is 65.7 Å². The number of hydrogen-bond acceptors (Lipinski definition) is 5. The van der Waals surface area contributed by atoms with E-state index in [2.05, 4.69) is 120 Å². The maximum Gasteiger partial charge on any atom is 0.238 e. The Morgan fingerprint density at radius 3 is 1.76 bits per heavy atom. The number of rotatable bonds is 4. The molecule has 0 amide bonds. The van der Waals surface area contributed by atoms with Crippen molar-refractivity contribution in [2.45, 2.75) is 0 Å². The van der Waals surface area contributed by atoms with Gasteiger partial charge in [0.25, 0.3) is 0 Å². The number of thiophene rings is 1. The van der Waals surface area contributed by atoms with Gasteiger partial charge in [-0.15, -0.1) is 11.3 Å². The van der Waals surface area contributed by atoms with Gasteiger partial charge < -0.3 is 4.42 Å². The van der Waals surface area contributed by atoms with Gasteiger partial charge >= 0.3 is 0 Å². The first-order valence-electron chi connectivity index (χ1n) is 16.9. The molecular weight excluding hydrogens is 645 g/mol. The van der Waals surface area contributed by atoms with Crippen LogP contribution in [0, 0.1) is 0 Å². The van der Waals surface area contributed by atoms with E-state index in [1.54, 1.807) is 0 Å². The van der Waals surface area contributed by atoms with Crippen LogP contribution in [0.5, 0.6) is 0 Å². The maximum atomic E-state index is 6.39. The van der Waals surface area contributed by atoms with E-state index in [0.717, 1.165) is 60.4 Å². The highest BCUT2D eigenvalue weighted by atomic mass is 32.1. The fourth-order valence-corrected chi connectivity index (χ4v) is 8.68. The Bertz CT molecular complexity index is 3100. The molecule has 0 fully saturated rings. The lowest BCUT2D eigenvalue weighted by Gasteiger charge is -2.11. The number of furan rings is 1. The molecule has 0 unspecified atom stereocenters. The normalized spacial score (nSPS) is 11.9. The van der Waals surface area contributed by atoms with E-state index in [4.69, 9.17) is 19.4 Å². The molecule has 11 rings (SSSR count). The van der Waals surface area contributed by atoms with Crippen LogP contribution in [-0.2, 0) is 0 Å². The van der Waals surface area contributed by atoms with E-state index >= 15 is 0 Å². The molecule has 4 aromatic heterocycles. The van der Waals surface area contributed by atoms with E-state index in [1.807, 2.05) is 53.8 Å². The van der Waals surface area contributed by atoms with E-state index in [0.29, 0.717) is 17.6 Å². The molecule has 238 valence electrons. The second-order valence-electron chi connectivity index (χ2n) is 12.8. The Morgan fingerprint density at radius 1 is 0.431 bits per heavy atom. The Labute approximate surface area is 295 Å². The molecule has 0 bridgehead atoms. The third kappa shape index (κ3) is 4.37. The Balaban J connectivity index is 1.12. The largest absolute Gasteiger partial charge is 0.456 e. The van der Waals surface area contributed by atoms with Crippen LogP contribution in [0.25, 0.3) is 104 Å². The fraction of sp³-hybridized carbons (Fsp3) is 0. The molecule has 0 saturated heterocycles. The molecule has 4 heterocycles. The van der Waals surface area contributed by atoms with Gasteiger partial charge in [0.2, 0.25) is 5.95 Å². The minimum absolute atomic E-state index is 0.576. The monoisotopic (exact) mass is 670 g/mol. The van der Waals surface area contributed by atoms with Crippen molar-refractivity contribution in [2.24, 2.45) is 0 Å². The molecule has 11 aromatic rings. The molecule has 7 aromatic carbocycles. The summed E-state index contributed by atoms with van der Waals surface area (Å²) < 4.78 is 11.1. The van der Waals surface area contributed by atoms with Gasteiger partial charge in [0.15, 0.2) is 11.6 Å². The number of hydrogen-bond donors (Lipinski definition) is 0. The van der Waals surface area contributed by atoms with Crippen LogP contribution in [0.3, 0.4) is 0 Å². The smallest absolute Gasteiger partial charge is 0.238 e. The van der Waals surface area contributed by atoms with Crippen molar-refractivity contribution in [2.75, 3.05) is 0 Å². The van der Waals surface area contributed by atoms with Crippen LogP contribution in [0.1, 0.15) is 0 Å². The summed E-state index contributed by atoms with van der Waals surface area (Å²) in [6.07, 6.45) is 0. The van der Waals surface area contributed by atoms with Crippen LogP contribution in [0.15, 0.2) is 162 Å². The average Bonchev–Trinajstić information content (AvgIpc) is 3.87. The number of nitrogens with zero attached hydrogens (tertiary/aromatic N) is 4. The van der Waals surface area contributed by atoms with Crippen LogP contribution < -0.4 is 0 Å². The fourth-order valence-electron chi connectivity index (χ4n) is 7.55. The summed E-state index contributed by atoms with van der Waals surface area (Å²) in [5, 5.41) is 6.97. The number of fused-ring (bicyclic) bond motifs is 9. The van der Waals surface area contributed by atoms with Crippen LogP contribution >= 0.6 is 11.3 Å². The van der Waals surface area contributed by atoms with E-state index in [-0.39, 0.29) is 0 Å². The predicted molar refractivity (Wildman–Crippen MR) is 211 cm³/mol. The highest BCUT2D eigenvalue weighted by molar-refractivity contribution is 7.25. The molecule has 0 aliphatic carbocycles. The van der Waals surface area contributed by atoms with Gasteiger partial charge in [-0.1, -0.05) is 103 Å². The molecule has 0 N–H and O–H groups in total. The lowest BCUT2D eigenvalue weighted by Crippen LogP contribution is -2.06. The summed E-state index contributed by atoms with van der Waals surface area (Å²) in [6.45, 7) is 0. The lowest BCUT2D eigenvalue weighted by atomic mass is 9.98. The maximum absolute atomic E-state index is 6.39. The zero-order valence-corrected chi connectivity index (χ0v) is 27.9. The van der Waals surface area contributed by atoms with E-state index < -0.39 is 0 Å². The van der Waals surface area contributed by atoms with E-state index in [1.165, 1.54) is 25.7 Å². The second-order valence-corrected chi connectivity index (χ2v) is 13.9. The van der Waals surface area contributed by atoms with Crippen molar-refractivity contribution in [3.63, 3.8) is 0 Å². The van der Waals surface area contributed by atoms with Gasteiger partial charge in [0, 0.05) is 52.8 Å². The van der Waals surface area contributed by atoms with Crippen molar-refractivity contribution >= 4 is 75.3 Å². The molecule has 51 heavy (non-hydrogen) atoms. The molecule has 0 radical (unpaired) electrons. The van der Waals surface area contributed by atoms with Gasteiger partial charge in [-0.25, -0.2) is 4.98 Å². The zero-order valence-electron chi connectivity index (χ0n) is 27.1. The van der Waals surface area contributed by atoms with Gasteiger partial charge in [0.1, 0.15) is 11.2 Å². The first-order chi connectivity index (χ1) is 25.3. The van der Waals surface area contributed by atoms with Gasteiger partial charge in [0.05, 0.1) is 11.0 Å². The Morgan fingerprint density at radius 2 is 1.02 bits per heavy atom. The Kier molecular flexibility index (Phi) is 6.05. The molecule has 0 saturated carbocycles. The first-order valence-corrected chi connectivity index (χ1v) is 17.8. The lowest BCUT2D eigenvalue weighted by molar-refractivity contribution is 0.669. The molecule has 0 atom stereocenters. The molecule has 6 heteroatoms. The molecule has 5 nitrogen and oxygen atoms in total. The van der Waals surface area contributed by atoms with Gasteiger partial charge in [-0.3, -0.25) is 4.57 Å². The SMILES string of the molecule is c1ccc(-c2nc(-c3ccc4oc5ccc(-c6cccc7sc8ccccc8c67)cc5c4c3)nc(-n3c4ccccc4c4ccccc43)n2)cc1. The third-order valence-electron chi connectivity index (χ3n) is 9.88. The number of para-hydroxylation sites is 2. The number of aromatic nitrogens is 4. The summed E-state index contributed by atoms with van der Waals surface area (Å²) in [5.41, 5.74) is 7.97. The van der Waals surface area contributed by atoms with Crippen LogP contribution in [-0.4, -0.2) is 19.5 Å². The molecule has 0 spiro atoms. The number of benzene rings is 7. The van der Waals surface area contributed by atoms with Crippen molar-refractivity contribution in [3.8, 4) is 39.9 Å². The topological polar surface area (TPSA) is 56.7 Å². The minimum Gasteiger partial charge on any atom is -0.456 e. The summed E-state index contributed by atoms with van der Waals surface area (Å²) in [4.78, 5) is 15.3.